The monoisotopic (exact) mass is 253 g/mol. The van der Waals surface area contributed by atoms with Crippen LogP contribution in [0, 0.1) is 0 Å². The van der Waals surface area contributed by atoms with E-state index in [0.29, 0.717) is 12.0 Å². The summed E-state index contributed by atoms with van der Waals surface area (Å²) in [5, 5.41) is 0. The van der Waals surface area contributed by atoms with Crippen molar-refractivity contribution >= 4 is 0 Å². The Morgan fingerprint density at radius 3 is 2.61 bits per heavy atom. The van der Waals surface area contributed by atoms with Gasteiger partial charge in [-0.25, -0.2) is 0 Å². The van der Waals surface area contributed by atoms with Crippen molar-refractivity contribution in [2.45, 2.75) is 19.5 Å². The van der Waals surface area contributed by atoms with E-state index in [-0.39, 0.29) is 0 Å². The highest BCUT2D eigenvalue weighted by Gasteiger charge is 2.33. The molecule has 1 heterocycles. The molecule has 4 heteroatoms. The molecule has 0 spiro atoms. The molecular weight excluding hydrogens is 239 g/mol. The van der Waals surface area contributed by atoms with Crippen LogP contribution < -0.4 is 0 Å². The molecule has 2 aliphatic rings. The average Bonchev–Trinajstić information content (AvgIpc) is 2.28. The molecule has 0 fully saturated rings. The maximum absolute atomic E-state index is 12.7. The fraction of sp³-hybridized carbons (Fsp3) is 0.286. The topological polar surface area (TPSA) is 3.24 Å². The van der Waals surface area contributed by atoms with Crippen LogP contribution in [0.25, 0.3) is 0 Å². The van der Waals surface area contributed by atoms with Crippen LogP contribution in [-0.4, -0.2) is 18.1 Å². The summed E-state index contributed by atoms with van der Waals surface area (Å²) >= 11 is 0. The van der Waals surface area contributed by atoms with Gasteiger partial charge in [0.1, 0.15) is 0 Å². The van der Waals surface area contributed by atoms with Crippen molar-refractivity contribution in [3.05, 3.63) is 59.0 Å². The third-order valence-electron chi connectivity index (χ3n) is 2.98. The van der Waals surface area contributed by atoms with Gasteiger partial charge >= 0.3 is 6.18 Å². The minimum Gasteiger partial charge on any atom is -0.351 e. The van der Waals surface area contributed by atoms with Gasteiger partial charge in [0.2, 0.25) is 0 Å². The van der Waals surface area contributed by atoms with Gasteiger partial charge in [-0.1, -0.05) is 18.2 Å². The summed E-state index contributed by atoms with van der Waals surface area (Å²) in [4.78, 5) is 1.86. The minimum absolute atomic E-state index is 0.526. The van der Waals surface area contributed by atoms with Crippen LogP contribution in [0.1, 0.15) is 13.3 Å². The molecule has 1 aliphatic heterocycles. The maximum Gasteiger partial charge on any atom is 0.416 e. The van der Waals surface area contributed by atoms with E-state index in [4.69, 9.17) is 0 Å². The second kappa shape index (κ2) is 4.52. The largest absolute Gasteiger partial charge is 0.416 e. The normalized spacial score (nSPS) is 24.2. The van der Waals surface area contributed by atoms with E-state index in [1.165, 1.54) is 6.08 Å². The van der Waals surface area contributed by atoms with Crippen LogP contribution >= 0.6 is 0 Å². The molecular formula is C14H14F3N. The standard InChI is InChI=1S/C14H14F3N/c1-10-5-4-8-18(2)13(10)11-6-3-7-12(9-11)14(15,16)17/h3-5,7-9H,6H2,1-2H3. The predicted octanol–water partition coefficient (Wildman–Crippen LogP) is 4.09. The molecule has 18 heavy (non-hydrogen) atoms. The maximum atomic E-state index is 12.7. The van der Waals surface area contributed by atoms with Gasteiger partial charge in [0, 0.05) is 18.9 Å². The van der Waals surface area contributed by atoms with Crippen molar-refractivity contribution in [3.8, 4) is 0 Å². The van der Waals surface area contributed by atoms with Gasteiger partial charge in [-0.05, 0) is 36.6 Å². The Morgan fingerprint density at radius 2 is 2.00 bits per heavy atom. The summed E-state index contributed by atoms with van der Waals surface area (Å²) in [7, 11) is 1.84. The van der Waals surface area contributed by atoms with Crippen molar-refractivity contribution < 1.29 is 13.2 Å². The summed E-state index contributed by atoms with van der Waals surface area (Å²) in [6.07, 6.45) is 5.80. The van der Waals surface area contributed by atoms with Crippen molar-refractivity contribution in [1.82, 2.24) is 4.90 Å². The van der Waals surface area contributed by atoms with Crippen molar-refractivity contribution in [3.63, 3.8) is 0 Å². The molecule has 1 aliphatic carbocycles. The molecule has 0 radical (unpaired) electrons. The third kappa shape index (κ3) is 2.42. The second-order valence-corrected chi connectivity index (χ2v) is 4.38. The van der Waals surface area contributed by atoms with E-state index in [2.05, 4.69) is 0 Å². The zero-order valence-corrected chi connectivity index (χ0v) is 10.3. The Hall–Kier alpha value is -1.71. The first-order valence-electron chi connectivity index (χ1n) is 5.66. The molecule has 0 saturated heterocycles. The molecule has 96 valence electrons. The molecule has 0 unspecified atom stereocenters. The van der Waals surface area contributed by atoms with Crippen LogP contribution in [0.15, 0.2) is 59.0 Å². The van der Waals surface area contributed by atoms with E-state index < -0.39 is 11.7 Å². The lowest BCUT2D eigenvalue weighted by Crippen LogP contribution is -2.18. The van der Waals surface area contributed by atoms with Crippen LogP contribution in [0.3, 0.4) is 0 Å². The minimum atomic E-state index is -4.29. The van der Waals surface area contributed by atoms with Gasteiger partial charge in [0.25, 0.3) is 0 Å². The molecule has 0 N–H and O–H groups in total. The van der Waals surface area contributed by atoms with Gasteiger partial charge in [-0.3, -0.25) is 0 Å². The Bertz CT molecular complexity index is 502. The number of rotatable bonds is 0. The fourth-order valence-electron chi connectivity index (χ4n) is 2.18. The fourth-order valence-corrected chi connectivity index (χ4v) is 2.18. The Kier molecular flexibility index (Phi) is 3.20. The predicted molar refractivity (Wildman–Crippen MR) is 65.6 cm³/mol. The lowest BCUT2D eigenvalue weighted by Gasteiger charge is -2.26. The highest BCUT2D eigenvalue weighted by Crippen LogP contribution is 2.34. The van der Waals surface area contributed by atoms with Crippen molar-refractivity contribution in [2.24, 2.45) is 0 Å². The zero-order chi connectivity index (χ0) is 13.3. The molecule has 0 aromatic heterocycles. The van der Waals surface area contributed by atoms with Crippen LogP contribution in [-0.2, 0) is 0 Å². The summed E-state index contributed by atoms with van der Waals surface area (Å²) in [6, 6.07) is 0. The number of alkyl halides is 3. The number of hydrogen-bond donors (Lipinski definition) is 0. The van der Waals surface area contributed by atoms with Gasteiger partial charge in [0.05, 0.1) is 5.57 Å². The lowest BCUT2D eigenvalue weighted by atomic mass is 9.95. The van der Waals surface area contributed by atoms with E-state index in [1.807, 2.05) is 37.2 Å². The quantitative estimate of drug-likeness (QED) is 0.628. The van der Waals surface area contributed by atoms with Crippen LogP contribution in [0.2, 0.25) is 0 Å². The molecule has 0 atom stereocenters. The smallest absolute Gasteiger partial charge is 0.351 e. The van der Waals surface area contributed by atoms with Gasteiger partial charge in [-0.15, -0.1) is 0 Å². The number of allylic oxidation sites excluding steroid dienone is 8. The molecule has 1 nitrogen and oxygen atoms in total. The number of hydrogen-bond acceptors (Lipinski definition) is 1. The highest BCUT2D eigenvalue weighted by molar-refractivity contribution is 5.48. The first kappa shape index (κ1) is 12.7. The molecule has 0 saturated carbocycles. The molecule has 0 amide bonds. The van der Waals surface area contributed by atoms with Crippen LogP contribution in [0.5, 0.6) is 0 Å². The summed E-state index contributed by atoms with van der Waals surface area (Å²) in [5.41, 5.74) is 1.93. The number of halogens is 3. The van der Waals surface area contributed by atoms with E-state index >= 15 is 0 Å². The molecule has 0 aromatic rings. The Morgan fingerprint density at radius 1 is 1.28 bits per heavy atom. The zero-order valence-electron chi connectivity index (χ0n) is 10.3. The first-order chi connectivity index (χ1) is 8.39. The molecule has 0 bridgehead atoms. The summed E-state index contributed by atoms with van der Waals surface area (Å²) < 4.78 is 38.1. The van der Waals surface area contributed by atoms with Crippen LogP contribution in [0.4, 0.5) is 13.2 Å². The molecule has 0 aromatic carbocycles. The van der Waals surface area contributed by atoms with E-state index in [1.54, 1.807) is 6.08 Å². The van der Waals surface area contributed by atoms with Gasteiger partial charge in [-0.2, -0.15) is 13.2 Å². The average molecular weight is 253 g/mol. The Balaban J connectivity index is 2.46. The highest BCUT2D eigenvalue weighted by atomic mass is 19.4. The van der Waals surface area contributed by atoms with Crippen molar-refractivity contribution in [2.75, 3.05) is 7.05 Å². The SMILES string of the molecule is CC1=CC=CN(C)C1=C1C=C(C(F)(F)F)C=CC1. The summed E-state index contributed by atoms with van der Waals surface area (Å²) in [6.45, 7) is 1.90. The van der Waals surface area contributed by atoms with E-state index in [0.717, 1.165) is 17.3 Å². The van der Waals surface area contributed by atoms with Crippen molar-refractivity contribution in [1.29, 1.82) is 0 Å². The second-order valence-electron chi connectivity index (χ2n) is 4.38. The molecule has 2 rings (SSSR count). The van der Waals surface area contributed by atoms with Gasteiger partial charge in [0.15, 0.2) is 0 Å². The number of likely N-dealkylation sites (N-methyl/N-ethyl adjacent to an activating group) is 1. The van der Waals surface area contributed by atoms with Gasteiger partial charge < -0.3 is 4.90 Å². The Labute approximate surface area is 104 Å². The lowest BCUT2D eigenvalue weighted by molar-refractivity contribution is -0.0883. The first-order valence-corrected chi connectivity index (χ1v) is 5.66. The summed E-state index contributed by atoms with van der Waals surface area (Å²) in [5.74, 6) is 0. The third-order valence-corrected chi connectivity index (χ3v) is 2.98. The van der Waals surface area contributed by atoms with E-state index in [9.17, 15) is 13.2 Å². The number of nitrogens with zero attached hydrogens (tertiary/aromatic N) is 1.